The van der Waals surface area contributed by atoms with Crippen molar-refractivity contribution in [3.63, 3.8) is 0 Å². The van der Waals surface area contributed by atoms with Crippen molar-refractivity contribution in [2.24, 2.45) is 0 Å². The third-order valence-corrected chi connectivity index (χ3v) is 1.87. The number of aliphatic hydroxyl groups is 2. The summed E-state index contributed by atoms with van der Waals surface area (Å²) in [4.78, 5) is 0. The lowest BCUT2D eigenvalue weighted by Crippen LogP contribution is -2.36. The lowest BCUT2D eigenvalue weighted by atomic mass is 10.4. The monoisotopic (exact) mass is 202 g/mol. The van der Waals surface area contributed by atoms with E-state index in [1.807, 2.05) is 0 Å². The molecule has 0 rings (SSSR count). The quantitative estimate of drug-likeness (QED) is 0.538. The largest absolute Gasteiger partial charge is 0.353 e. The average Bonchev–Trinajstić information content (AvgIpc) is 1.86. The third kappa shape index (κ3) is 4.82. The fourth-order valence-corrected chi connectivity index (χ4v) is 0.679. The van der Waals surface area contributed by atoms with Crippen molar-refractivity contribution in [3.8, 4) is 0 Å². The molecular weight excluding hydrogens is 191 g/mol. The molecule has 0 aliphatic rings. The molecule has 0 aromatic heterocycles. The van der Waals surface area contributed by atoms with Crippen LogP contribution in [-0.4, -0.2) is 20.7 Å². The van der Waals surface area contributed by atoms with Crippen LogP contribution in [0.2, 0.25) is 0 Å². The minimum Gasteiger partial charge on any atom is -0.353 e. The molecule has 0 saturated carbocycles. The molecule has 0 aromatic carbocycles. The molecule has 0 aromatic rings. The highest BCUT2D eigenvalue weighted by atomic mass is 35.5. The van der Waals surface area contributed by atoms with E-state index in [9.17, 15) is 0 Å². The summed E-state index contributed by atoms with van der Waals surface area (Å²) in [5.74, 6) is 0. The Bertz CT molecular complexity index is 111. The van der Waals surface area contributed by atoms with Gasteiger partial charge in [0, 0.05) is 12.8 Å². The van der Waals surface area contributed by atoms with Crippen LogP contribution < -0.4 is 0 Å². The van der Waals surface area contributed by atoms with Gasteiger partial charge in [0.2, 0.25) is 10.5 Å². The molecule has 2 unspecified atom stereocenters. The summed E-state index contributed by atoms with van der Waals surface area (Å²) < 4.78 is 4.57. The Morgan fingerprint density at radius 3 is 1.55 bits per heavy atom. The first-order chi connectivity index (χ1) is 4.83. The molecule has 2 N–H and O–H groups in total. The summed E-state index contributed by atoms with van der Waals surface area (Å²) in [6, 6.07) is 0. The number of ether oxygens (including phenoxy) is 1. The van der Waals surface area contributed by atoms with Crippen molar-refractivity contribution in [3.05, 3.63) is 0 Å². The van der Waals surface area contributed by atoms with E-state index in [0.717, 1.165) is 0 Å². The molecule has 3 nitrogen and oxygen atoms in total. The molecular formula is C6H12Cl2O3. The average molecular weight is 203 g/mol. The molecule has 5 heteroatoms. The number of hydrogen-bond acceptors (Lipinski definition) is 3. The van der Waals surface area contributed by atoms with Gasteiger partial charge in [-0.1, -0.05) is 37.0 Å². The summed E-state index contributed by atoms with van der Waals surface area (Å²) in [5, 5.41) is 14.4. The predicted octanol–water partition coefficient (Wildman–Crippen LogP) is 1.59. The lowest BCUT2D eigenvalue weighted by molar-refractivity contribution is -0.258. The van der Waals surface area contributed by atoms with Gasteiger partial charge >= 0.3 is 0 Å². The van der Waals surface area contributed by atoms with Crippen LogP contribution in [0, 0.1) is 0 Å². The second kappa shape index (κ2) is 3.92. The smallest absolute Gasteiger partial charge is 0.248 e. The van der Waals surface area contributed by atoms with Crippen LogP contribution in [0.4, 0.5) is 0 Å². The normalized spacial score (nSPS) is 22.4. The molecule has 0 fully saturated rings. The van der Waals surface area contributed by atoms with Crippen molar-refractivity contribution in [2.45, 2.75) is 37.2 Å². The van der Waals surface area contributed by atoms with Crippen molar-refractivity contribution in [1.29, 1.82) is 0 Å². The van der Waals surface area contributed by atoms with Gasteiger partial charge in [0.15, 0.2) is 0 Å². The van der Waals surface area contributed by atoms with Gasteiger partial charge < -0.3 is 10.2 Å². The number of alkyl halides is 2. The van der Waals surface area contributed by atoms with Gasteiger partial charge in [-0.05, 0) is 0 Å². The molecule has 0 radical (unpaired) electrons. The van der Waals surface area contributed by atoms with Crippen LogP contribution in [0.15, 0.2) is 0 Å². The van der Waals surface area contributed by atoms with Gasteiger partial charge in [0.05, 0.1) is 0 Å². The maximum absolute atomic E-state index is 9.09. The molecule has 2 atom stereocenters. The van der Waals surface area contributed by atoms with E-state index in [1.54, 1.807) is 13.8 Å². The Kier molecular flexibility index (Phi) is 4.08. The Morgan fingerprint density at radius 2 is 1.36 bits per heavy atom. The zero-order valence-corrected chi connectivity index (χ0v) is 7.98. The van der Waals surface area contributed by atoms with Crippen molar-refractivity contribution < 1.29 is 14.9 Å². The predicted molar refractivity (Wildman–Crippen MR) is 43.3 cm³/mol. The van der Waals surface area contributed by atoms with E-state index >= 15 is 0 Å². The van der Waals surface area contributed by atoms with Gasteiger partial charge in [-0.3, -0.25) is 4.74 Å². The van der Waals surface area contributed by atoms with Gasteiger partial charge in [-0.15, -0.1) is 0 Å². The SMILES string of the molecule is CCC(O)(Cl)OC(O)(Cl)CC. The van der Waals surface area contributed by atoms with E-state index in [1.165, 1.54) is 0 Å². The van der Waals surface area contributed by atoms with Gasteiger partial charge in [0.25, 0.3) is 0 Å². The van der Waals surface area contributed by atoms with E-state index in [4.69, 9.17) is 33.4 Å². The van der Waals surface area contributed by atoms with E-state index in [0.29, 0.717) is 0 Å². The van der Waals surface area contributed by atoms with Crippen LogP contribution in [0.5, 0.6) is 0 Å². The fraction of sp³-hybridized carbons (Fsp3) is 1.00. The molecule has 0 spiro atoms. The zero-order valence-electron chi connectivity index (χ0n) is 6.47. The van der Waals surface area contributed by atoms with Crippen molar-refractivity contribution in [2.75, 3.05) is 0 Å². The van der Waals surface area contributed by atoms with Crippen LogP contribution in [0.25, 0.3) is 0 Å². The zero-order chi connectivity index (χ0) is 9.12. The Balaban J connectivity index is 4.02. The maximum Gasteiger partial charge on any atom is 0.248 e. The standard InChI is InChI=1S/C6H12Cl2O3/c1-3-5(7,9)11-6(8,10)4-2/h9-10H,3-4H2,1-2H3. The second-order valence-corrected chi connectivity index (χ2v) is 3.37. The highest BCUT2D eigenvalue weighted by Crippen LogP contribution is 2.28. The highest BCUT2D eigenvalue weighted by molar-refractivity contribution is 6.23. The summed E-state index contributed by atoms with van der Waals surface area (Å²) in [6.07, 6.45) is 0.285. The summed E-state index contributed by atoms with van der Waals surface area (Å²) >= 11 is 10.7. The molecule has 0 heterocycles. The molecule has 0 bridgehead atoms. The Morgan fingerprint density at radius 1 is 1.09 bits per heavy atom. The molecule has 0 amide bonds. The molecule has 0 saturated heterocycles. The molecule has 11 heavy (non-hydrogen) atoms. The van der Waals surface area contributed by atoms with Crippen LogP contribution >= 0.6 is 23.2 Å². The summed E-state index contributed by atoms with van der Waals surface area (Å²) in [7, 11) is 0. The maximum atomic E-state index is 9.09. The van der Waals surface area contributed by atoms with Gasteiger partial charge in [-0.2, -0.15) is 0 Å². The second-order valence-electron chi connectivity index (χ2n) is 2.19. The lowest BCUT2D eigenvalue weighted by Gasteiger charge is -2.27. The first kappa shape index (κ1) is 11.5. The van der Waals surface area contributed by atoms with E-state index in [-0.39, 0.29) is 12.8 Å². The first-order valence-corrected chi connectivity index (χ1v) is 4.11. The summed E-state index contributed by atoms with van der Waals surface area (Å²) in [6.45, 7) is 3.21. The molecule has 68 valence electrons. The van der Waals surface area contributed by atoms with Crippen molar-refractivity contribution in [1.82, 2.24) is 0 Å². The third-order valence-electron chi connectivity index (χ3n) is 1.18. The Labute approximate surface area is 75.9 Å². The number of rotatable bonds is 4. The minimum absolute atomic E-state index is 0.142. The van der Waals surface area contributed by atoms with Gasteiger partial charge in [0.1, 0.15) is 0 Å². The molecule has 0 aliphatic carbocycles. The van der Waals surface area contributed by atoms with Crippen LogP contribution in [-0.2, 0) is 4.74 Å². The highest BCUT2D eigenvalue weighted by Gasteiger charge is 2.34. The van der Waals surface area contributed by atoms with Crippen molar-refractivity contribution >= 4 is 23.2 Å². The topological polar surface area (TPSA) is 49.7 Å². The van der Waals surface area contributed by atoms with Crippen LogP contribution in [0.3, 0.4) is 0 Å². The van der Waals surface area contributed by atoms with Gasteiger partial charge in [-0.25, -0.2) is 0 Å². The number of halogens is 2. The first-order valence-electron chi connectivity index (χ1n) is 3.35. The van der Waals surface area contributed by atoms with E-state index in [2.05, 4.69) is 4.74 Å². The Hall–Kier alpha value is 0.460. The minimum atomic E-state index is -1.88. The molecule has 0 aliphatic heterocycles. The number of hydrogen-bond donors (Lipinski definition) is 2. The van der Waals surface area contributed by atoms with E-state index < -0.39 is 10.5 Å². The summed E-state index contributed by atoms with van der Waals surface area (Å²) in [5.41, 5.74) is 0. The van der Waals surface area contributed by atoms with Crippen LogP contribution in [0.1, 0.15) is 26.7 Å². The fourth-order valence-electron chi connectivity index (χ4n) is 0.384.